The van der Waals surface area contributed by atoms with Gasteiger partial charge in [0.15, 0.2) is 5.01 Å². The highest BCUT2D eigenvalue weighted by molar-refractivity contribution is 7.18. The third-order valence-electron chi connectivity index (χ3n) is 6.07. The van der Waals surface area contributed by atoms with Gasteiger partial charge >= 0.3 is 0 Å². The highest BCUT2D eigenvalue weighted by Gasteiger charge is 2.54. The summed E-state index contributed by atoms with van der Waals surface area (Å²) < 4.78 is 0. The highest BCUT2D eigenvalue weighted by Crippen LogP contribution is 2.60. The van der Waals surface area contributed by atoms with Gasteiger partial charge in [0.1, 0.15) is 0 Å². The molecule has 4 saturated carbocycles. The van der Waals surface area contributed by atoms with Gasteiger partial charge in [-0.15, -0.1) is 10.2 Å². The van der Waals surface area contributed by atoms with Crippen molar-refractivity contribution in [3.8, 4) is 10.6 Å². The van der Waals surface area contributed by atoms with E-state index in [0.717, 1.165) is 47.6 Å². The SMILES string of the molecule is O=C(Nc1nnc(-c2cccnc2)s1)C12CC3CC(CC(C3)C1)C2. The number of aromatic nitrogens is 3. The summed E-state index contributed by atoms with van der Waals surface area (Å²) in [7, 11) is 0. The molecule has 24 heavy (non-hydrogen) atoms. The minimum Gasteiger partial charge on any atom is -0.300 e. The van der Waals surface area contributed by atoms with Crippen molar-refractivity contribution in [1.29, 1.82) is 0 Å². The summed E-state index contributed by atoms with van der Waals surface area (Å²) in [5.74, 6) is 2.47. The zero-order valence-electron chi connectivity index (χ0n) is 13.4. The van der Waals surface area contributed by atoms with Crippen LogP contribution in [0.3, 0.4) is 0 Å². The van der Waals surface area contributed by atoms with Crippen molar-refractivity contribution in [1.82, 2.24) is 15.2 Å². The molecule has 4 bridgehead atoms. The second kappa shape index (κ2) is 5.34. The number of rotatable bonds is 3. The number of anilines is 1. The van der Waals surface area contributed by atoms with E-state index in [2.05, 4.69) is 20.5 Å². The van der Waals surface area contributed by atoms with Crippen LogP contribution in [0.1, 0.15) is 38.5 Å². The minimum atomic E-state index is -0.144. The molecule has 4 fully saturated rings. The Labute approximate surface area is 144 Å². The Morgan fingerprint density at radius 2 is 1.83 bits per heavy atom. The van der Waals surface area contributed by atoms with Gasteiger partial charge in [0.25, 0.3) is 0 Å². The van der Waals surface area contributed by atoms with E-state index in [1.807, 2.05) is 12.1 Å². The quantitative estimate of drug-likeness (QED) is 0.924. The summed E-state index contributed by atoms with van der Waals surface area (Å²) in [6.45, 7) is 0. The molecule has 5 nitrogen and oxygen atoms in total. The maximum atomic E-state index is 13.0. The Morgan fingerprint density at radius 3 is 2.46 bits per heavy atom. The molecular weight excluding hydrogens is 320 g/mol. The molecule has 0 saturated heterocycles. The molecule has 2 aromatic rings. The van der Waals surface area contributed by atoms with Gasteiger partial charge in [-0.3, -0.25) is 9.78 Å². The van der Waals surface area contributed by atoms with Crippen LogP contribution >= 0.6 is 11.3 Å². The first-order chi connectivity index (χ1) is 11.7. The summed E-state index contributed by atoms with van der Waals surface area (Å²) in [6, 6.07) is 3.84. The van der Waals surface area contributed by atoms with Crippen molar-refractivity contribution in [2.24, 2.45) is 23.2 Å². The first-order valence-corrected chi connectivity index (χ1v) is 9.57. The van der Waals surface area contributed by atoms with E-state index >= 15 is 0 Å². The Morgan fingerprint density at radius 1 is 1.12 bits per heavy atom. The molecule has 0 aromatic carbocycles. The molecule has 0 radical (unpaired) electrons. The van der Waals surface area contributed by atoms with E-state index in [-0.39, 0.29) is 11.3 Å². The van der Waals surface area contributed by atoms with Crippen molar-refractivity contribution in [3.63, 3.8) is 0 Å². The maximum Gasteiger partial charge on any atom is 0.232 e. The van der Waals surface area contributed by atoms with Crippen LogP contribution in [0, 0.1) is 23.2 Å². The fourth-order valence-electron chi connectivity index (χ4n) is 5.50. The fourth-order valence-corrected chi connectivity index (χ4v) is 6.23. The third-order valence-corrected chi connectivity index (χ3v) is 6.96. The molecule has 2 heterocycles. The lowest BCUT2D eigenvalue weighted by atomic mass is 9.49. The van der Waals surface area contributed by atoms with Gasteiger partial charge in [-0.05, 0) is 68.4 Å². The van der Waals surface area contributed by atoms with Crippen molar-refractivity contribution in [2.75, 3.05) is 5.32 Å². The Bertz CT molecular complexity index is 737. The molecule has 0 spiro atoms. The second-order valence-electron chi connectivity index (χ2n) is 7.81. The lowest BCUT2D eigenvalue weighted by Crippen LogP contribution is -2.51. The minimum absolute atomic E-state index is 0.144. The zero-order chi connectivity index (χ0) is 16.1. The number of carbonyl (C=O) groups excluding carboxylic acids is 1. The van der Waals surface area contributed by atoms with E-state index < -0.39 is 0 Å². The molecule has 6 rings (SSSR count). The van der Waals surface area contributed by atoms with Gasteiger partial charge in [0.05, 0.1) is 5.41 Å². The number of nitrogens with zero attached hydrogens (tertiary/aromatic N) is 3. The van der Waals surface area contributed by atoms with Crippen molar-refractivity contribution in [3.05, 3.63) is 24.5 Å². The molecule has 4 aliphatic rings. The monoisotopic (exact) mass is 340 g/mol. The van der Waals surface area contributed by atoms with Crippen LogP contribution < -0.4 is 5.32 Å². The van der Waals surface area contributed by atoms with Gasteiger partial charge in [0, 0.05) is 18.0 Å². The van der Waals surface area contributed by atoms with Crippen molar-refractivity contribution >= 4 is 22.4 Å². The third kappa shape index (κ3) is 2.35. The van der Waals surface area contributed by atoms with E-state index in [4.69, 9.17) is 0 Å². The Kier molecular flexibility index (Phi) is 3.23. The van der Waals surface area contributed by atoms with Gasteiger partial charge in [-0.1, -0.05) is 11.3 Å². The molecular formula is C18H20N4OS. The molecule has 4 aliphatic carbocycles. The van der Waals surface area contributed by atoms with Gasteiger partial charge in [-0.2, -0.15) is 0 Å². The number of nitrogens with one attached hydrogen (secondary N) is 1. The molecule has 1 N–H and O–H groups in total. The first-order valence-electron chi connectivity index (χ1n) is 8.75. The Balaban J connectivity index is 1.35. The number of pyridine rings is 1. The Hall–Kier alpha value is -1.82. The molecule has 0 aliphatic heterocycles. The number of carbonyl (C=O) groups is 1. The van der Waals surface area contributed by atoms with Gasteiger partial charge < -0.3 is 5.32 Å². The first kappa shape index (κ1) is 14.5. The number of hydrogen-bond donors (Lipinski definition) is 1. The van der Waals surface area contributed by atoms with Crippen LogP contribution in [0.5, 0.6) is 0 Å². The predicted molar refractivity (Wildman–Crippen MR) is 92.4 cm³/mol. The lowest BCUT2D eigenvalue weighted by molar-refractivity contribution is -0.140. The summed E-state index contributed by atoms with van der Waals surface area (Å²) in [6.07, 6.45) is 10.7. The second-order valence-corrected chi connectivity index (χ2v) is 8.78. The molecule has 0 unspecified atom stereocenters. The normalized spacial score (nSPS) is 33.6. The van der Waals surface area contributed by atoms with Crippen molar-refractivity contribution < 1.29 is 4.79 Å². The summed E-state index contributed by atoms with van der Waals surface area (Å²) in [5.41, 5.74) is 0.792. The van der Waals surface area contributed by atoms with Crippen LogP contribution in [0.4, 0.5) is 5.13 Å². The molecule has 124 valence electrons. The van der Waals surface area contributed by atoms with Crippen LogP contribution in [0.2, 0.25) is 0 Å². The van der Waals surface area contributed by atoms with Crippen LogP contribution in [0.25, 0.3) is 10.6 Å². The smallest absolute Gasteiger partial charge is 0.232 e. The van der Waals surface area contributed by atoms with Crippen LogP contribution in [-0.4, -0.2) is 21.1 Å². The fraction of sp³-hybridized carbons (Fsp3) is 0.556. The van der Waals surface area contributed by atoms with E-state index in [1.165, 1.54) is 30.6 Å². The molecule has 2 aromatic heterocycles. The van der Waals surface area contributed by atoms with Gasteiger partial charge in [0.2, 0.25) is 11.0 Å². The molecule has 1 amide bonds. The average molecular weight is 340 g/mol. The van der Waals surface area contributed by atoms with E-state index in [0.29, 0.717) is 5.13 Å². The lowest BCUT2D eigenvalue weighted by Gasteiger charge is -2.55. The zero-order valence-corrected chi connectivity index (χ0v) is 14.3. The van der Waals surface area contributed by atoms with E-state index in [1.54, 1.807) is 12.4 Å². The highest BCUT2D eigenvalue weighted by atomic mass is 32.1. The predicted octanol–water partition coefficient (Wildman–Crippen LogP) is 3.76. The summed E-state index contributed by atoms with van der Waals surface area (Å²) >= 11 is 1.42. The van der Waals surface area contributed by atoms with Crippen LogP contribution in [-0.2, 0) is 4.79 Å². The topological polar surface area (TPSA) is 67.8 Å². The van der Waals surface area contributed by atoms with E-state index in [9.17, 15) is 4.79 Å². The standard InChI is InChI=1S/C18H20N4OS/c23-16(18-7-11-4-12(8-18)6-13(5-11)9-18)20-17-22-21-15(24-17)14-2-1-3-19-10-14/h1-3,10-13H,4-9H2,(H,20,22,23). The number of hydrogen-bond acceptors (Lipinski definition) is 5. The summed E-state index contributed by atoms with van der Waals surface area (Å²) in [4.78, 5) is 17.1. The van der Waals surface area contributed by atoms with Crippen molar-refractivity contribution in [2.45, 2.75) is 38.5 Å². The average Bonchev–Trinajstić information content (AvgIpc) is 3.03. The van der Waals surface area contributed by atoms with Gasteiger partial charge in [-0.25, -0.2) is 0 Å². The summed E-state index contributed by atoms with van der Waals surface area (Å²) in [5, 5.41) is 12.8. The maximum absolute atomic E-state index is 13.0. The number of amides is 1. The van der Waals surface area contributed by atoms with Crippen LogP contribution in [0.15, 0.2) is 24.5 Å². The molecule has 6 heteroatoms. The molecule has 0 atom stereocenters. The largest absolute Gasteiger partial charge is 0.300 e.